The normalized spacial score (nSPS) is 13.1. The van der Waals surface area contributed by atoms with Crippen molar-refractivity contribution in [1.82, 2.24) is 4.90 Å². The maximum Gasteiger partial charge on any atom is 0.137 e. The van der Waals surface area contributed by atoms with E-state index in [2.05, 4.69) is 15.9 Å². The number of likely N-dealkylation sites (N-methyl/N-ethyl adjacent to an activating group) is 1. The van der Waals surface area contributed by atoms with Crippen molar-refractivity contribution in [3.8, 4) is 0 Å². The van der Waals surface area contributed by atoms with Crippen LogP contribution in [0.4, 0.5) is 4.39 Å². The third-order valence-corrected chi connectivity index (χ3v) is 2.96. The van der Waals surface area contributed by atoms with Gasteiger partial charge in [-0.3, -0.25) is 4.90 Å². The standard InChI is InChI=1S/C12H17BrFNO2/c1-15(7-10(16)8-17-2)6-9-3-4-11(13)12(14)5-9/h3-5,10,16H,6-8H2,1-2H3. The molecule has 1 aromatic carbocycles. The SMILES string of the molecule is COCC(O)CN(C)Cc1ccc(Br)c(F)c1. The topological polar surface area (TPSA) is 32.7 Å². The van der Waals surface area contributed by atoms with Crippen LogP contribution < -0.4 is 0 Å². The third-order valence-electron chi connectivity index (χ3n) is 2.32. The van der Waals surface area contributed by atoms with Crippen LogP contribution in [0.15, 0.2) is 22.7 Å². The van der Waals surface area contributed by atoms with Crippen molar-refractivity contribution >= 4 is 15.9 Å². The number of benzene rings is 1. The van der Waals surface area contributed by atoms with E-state index in [1.165, 1.54) is 6.07 Å². The molecule has 1 rings (SSSR count). The molecule has 0 spiro atoms. The quantitative estimate of drug-likeness (QED) is 0.873. The summed E-state index contributed by atoms with van der Waals surface area (Å²) in [7, 11) is 3.42. The van der Waals surface area contributed by atoms with Gasteiger partial charge in [0.2, 0.25) is 0 Å². The molecular formula is C12H17BrFNO2. The lowest BCUT2D eigenvalue weighted by Gasteiger charge is -2.20. The molecule has 0 heterocycles. The van der Waals surface area contributed by atoms with Gasteiger partial charge in [-0.05, 0) is 40.7 Å². The Labute approximate surface area is 109 Å². The van der Waals surface area contributed by atoms with E-state index >= 15 is 0 Å². The molecule has 96 valence electrons. The second-order valence-corrected chi connectivity index (χ2v) is 4.91. The molecule has 0 saturated heterocycles. The Kier molecular flexibility index (Phi) is 6.05. The monoisotopic (exact) mass is 305 g/mol. The van der Waals surface area contributed by atoms with Crippen molar-refractivity contribution in [1.29, 1.82) is 0 Å². The minimum Gasteiger partial charge on any atom is -0.389 e. The van der Waals surface area contributed by atoms with E-state index in [4.69, 9.17) is 4.74 Å². The van der Waals surface area contributed by atoms with E-state index in [1.807, 2.05) is 18.0 Å². The summed E-state index contributed by atoms with van der Waals surface area (Å²) in [5, 5.41) is 9.55. The Hall–Kier alpha value is -0.490. The molecule has 0 fully saturated rings. The highest BCUT2D eigenvalue weighted by Crippen LogP contribution is 2.17. The smallest absolute Gasteiger partial charge is 0.137 e. The van der Waals surface area contributed by atoms with Crippen molar-refractivity contribution in [2.75, 3.05) is 27.3 Å². The predicted molar refractivity (Wildman–Crippen MR) is 68.3 cm³/mol. The minimum atomic E-state index is -0.523. The highest BCUT2D eigenvalue weighted by molar-refractivity contribution is 9.10. The zero-order valence-electron chi connectivity index (χ0n) is 9.99. The van der Waals surface area contributed by atoms with Crippen LogP contribution in [0.1, 0.15) is 5.56 Å². The number of methoxy groups -OCH3 is 1. The predicted octanol–water partition coefficient (Wildman–Crippen LogP) is 2.03. The Bertz CT molecular complexity index is 362. The van der Waals surface area contributed by atoms with Crippen LogP contribution in [-0.2, 0) is 11.3 Å². The average molecular weight is 306 g/mol. The van der Waals surface area contributed by atoms with E-state index < -0.39 is 6.10 Å². The van der Waals surface area contributed by atoms with Gasteiger partial charge in [-0.15, -0.1) is 0 Å². The van der Waals surface area contributed by atoms with E-state index in [9.17, 15) is 9.50 Å². The van der Waals surface area contributed by atoms with Gasteiger partial charge in [0.25, 0.3) is 0 Å². The van der Waals surface area contributed by atoms with Gasteiger partial charge in [-0.25, -0.2) is 4.39 Å². The summed E-state index contributed by atoms with van der Waals surface area (Å²) in [6.07, 6.45) is -0.523. The lowest BCUT2D eigenvalue weighted by atomic mass is 10.2. The maximum absolute atomic E-state index is 13.3. The summed E-state index contributed by atoms with van der Waals surface area (Å²) < 4.78 is 18.6. The van der Waals surface area contributed by atoms with Crippen molar-refractivity contribution in [2.24, 2.45) is 0 Å². The van der Waals surface area contributed by atoms with Crippen molar-refractivity contribution in [3.63, 3.8) is 0 Å². The molecule has 0 bridgehead atoms. The van der Waals surface area contributed by atoms with Gasteiger partial charge in [0.15, 0.2) is 0 Å². The lowest BCUT2D eigenvalue weighted by molar-refractivity contribution is 0.0419. The first-order valence-electron chi connectivity index (χ1n) is 5.32. The van der Waals surface area contributed by atoms with Crippen molar-refractivity contribution in [3.05, 3.63) is 34.1 Å². The molecule has 1 N–H and O–H groups in total. The van der Waals surface area contributed by atoms with Crippen LogP contribution in [0.5, 0.6) is 0 Å². The van der Waals surface area contributed by atoms with Crippen LogP contribution in [0, 0.1) is 5.82 Å². The molecule has 0 amide bonds. The Morgan fingerprint density at radius 2 is 2.24 bits per heavy atom. The number of hydrogen-bond acceptors (Lipinski definition) is 3. The number of nitrogens with zero attached hydrogens (tertiary/aromatic N) is 1. The van der Waals surface area contributed by atoms with Crippen LogP contribution in [-0.4, -0.2) is 43.4 Å². The number of ether oxygens (including phenoxy) is 1. The molecule has 0 aromatic heterocycles. The fourth-order valence-corrected chi connectivity index (χ4v) is 1.87. The first kappa shape index (κ1) is 14.6. The number of aliphatic hydroxyl groups excluding tert-OH is 1. The number of halogens is 2. The van der Waals surface area contributed by atoms with Crippen molar-refractivity contribution < 1.29 is 14.2 Å². The van der Waals surface area contributed by atoms with Crippen LogP contribution >= 0.6 is 15.9 Å². The zero-order chi connectivity index (χ0) is 12.8. The molecule has 17 heavy (non-hydrogen) atoms. The van der Waals surface area contributed by atoms with Gasteiger partial charge in [-0.2, -0.15) is 0 Å². The van der Waals surface area contributed by atoms with Crippen molar-refractivity contribution in [2.45, 2.75) is 12.6 Å². The highest BCUT2D eigenvalue weighted by Gasteiger charge is 2.09. The summed E-state index contributed by atoms with van der Waals surface area (Å²) >= 11 is 3.11. The number of rotatable bonds is 6. The van der Waals surface area contributed by atoms with Crippen LogP contribution in [0.2, 0.25) is 0 Å². The largest absolute Gasteiger partial charge is 0.389 e. The third kappa shape index (κ3) is 5.12. The Morgan fingerprint density at radius 1 is 1.53 bits per heavy atom. The minimum absolute atomic E-state index is 0.270. The van der Waals surface area contributed by atoms with E-state index in [1.54, 1.807) is 13.2 Å². The summed E-state index contributed by atoms with van der Waals surface area (Å²) in [4.78, 5) is 1.92. The molecule has 0 aliphatic rings. The van der Waals surface area contributed by atoms with E-state index in [0.717, 1.165) is 5.56 Å². The molecular weight excluding hydrogens is 289 g/mol. The summed E-state index contributed by atoms with van der Waals surface area (Å²) in [6, 6.07) is 5.03. The molecule has 5 heteroatoms. The molecule has 0 saturated carbocycles. The van der Waals surface area contributed by atoms with Crippen LogP contribution in [0.3, 0.4) is 0 Å². The van der Waals surface area contributed by atoms with Gasteiger partial charge in [0, 0.05) is 20.2 Å². The van der Waals surface area contributed by atoms with E-state index in [0.29, 0.717) is 24.2 Å². The fraction of sp³-hybridized carbons (Fsp3) is 0.500. The summed E-state index contributed by atoms with van der Waals surface area (Å²) in [5.74, 6) is -0.270. The second kappa shape index (κ2) is 7.06. The number of hydrogen-bond donors (Lipinski definition) is 1. The lowest BCUT2D eigenvalue weighted by Crippen LogP contribution is -2.31. The first-order valence-corrected chi connectivity index (χ1v) is 6.11. The molecule has 0 aliphatic carbocycles. The molecule has 1 unspecified atom stereocenters. The molecule has 3 nitrogen and oxygen atoms in total. The summed E-state index contributed by atoms with van der Waals surface area (Å²) in [6.45, 7) is 1.38. The molecule has 0 aliphatic heterocycles. The second-order valence-electron chi connectivity index (χ2n) is 4.05. The molecule has 0 radical (unpaired) electrons. The van der Waals surface area contributed by atoms with Crippen LogP contribution in [0.25, 0.3) is 0 Å². The molecule has 1 aromatic rings. The van der Waals surface area contributed by atoms with Gasteiger partial charge in [0.1, 0.15) is 5.82 Å². The van der Waals surface area contributed by atoms with Gasteiger partial charge in [0.05, 0.1) is 17.2 Å². The fourth-order valence-electron chi connectivity index (χ4n) is 1.62. The Morgan fingerprint density at radius 3 is 2.82 bits per heavy atom. The van der Waals surface area contributed by atoms with Gasteiger partial charge >= 0.3 is 0 Å². The molecule has 1 atom stereocenters. The maximum atomic E-state index is 13.3. The van der Waals surface area contributed by atoms with E-state index in [-0.39, 0.29) is 5.82 Å². The zero-order valence-corrected chi connectivity index (χ0v) is 11.6. The first-order chi connectivity index (χ1) is 8.02. The van der Waals surface area contributed by atoms with Gasteiger partial charge in [-0.1, -0.05) is 6.07 Å². The average Bonchev–Trinajstić information content (AvgIpc) is 2.23. The Balaban J connectivity index is 2.50. The number of aliphatic hydroxyl groups is 1. The van der Waals surface area contributed by atoms with Gasteiger partial charge < -0.3 is 9.84 Å². The highest BCUT2D eigenvalue weighted by atomic mass is 79.9. The summed E-state index contributed by atoms with van der Waals surface area (Å²) in [5.41, 5.74) is 0.873.